The molecule has 11 heteroatoms. The van der Waals surface area contributed by atoms with Crippen molar-refractivity contribution in [2.24, 2.45) is 5.73 Å². The van der Waals surface area contributed by atoms with Crippen molar-refractivity contribution >= 4 is 19.8 Å². The first kappa shape index (κ1) is 52.7. The highest BCUT2D eigenvalue weighted by molar-refractivity contribution is 7.47. The van der Waals surface area contributed by atoms with Gasteiger partial charge in [0.1, 0.15) is 12.1 Å². The second kappa shape index (κ2) is 39.9. The molecule has 0 saturated carbocycles. The lowest BCUT2D eigenvalue weighted by Crippen LogP contribution is -2.34. The maximum atomic E-state index is 12.6. The zero-order valence-electron chi connectivity index (χ0n) is 34.8. The van der Waals surface area contributed by atoms with Crippen molar-refractivity contribution in [1.82, 2.24) is 0 Å². The van der Waals surface area contributed by atoms with E-state index in [4.69, 9.17) is 29.4 Å². The van der Waals surface area contributed by atoms with E-state index in [1.165, 1.54) is 148 Å². The van der Waals surface area contributed by atoms with Crippen LogP contribution in [0.3, 0.4) is 0 Å². The Morgan fingerprint density at radius 3 is 1.46 bits per heavy atom. The first-order chi connectivity index (χ1) is 26.2. The number of carbonyl (C=O) groups excluding carboxylic acids is 1. The molecule has 320 valence electrons. The molecule has 0 bridgehead atoms. The highest BCUT2D eigenvalue weighted by Gasteiger charge is 2.27. The molecule has 0 aliphatic carbocycles. The molecule has 4 N–H and O–H groups in total. The van der Waals surface area contributed by atoms with Crippen LogP contribution in [0.2, 0.25) is 0 Å². The van der Waals surface area contributed by atoms with Gasteiger partial charge in [-0.1, -0.05) is 187 Å². The van der Waals surface area contributed by atoms with E-state index < -0.39 is 45.1 Å². The Morgan fingerprint density at radius 2 is 0.981 bits per heavy atom. The quantitative estimate of drug-likeness (QED) is 0.0235. The third-order valence-corrected chi connectivity index (χ3v) is 10.7. The van der Waals surface area contributed by atoms with Gasteiger partial charge in [0.15, 0.2) is 0 Å². The first-order valence-corrected chi connectivity index (χ1v) is 23.7. The van der Waals surface area contributed by atoms with Crippen molar-refractivity contribution in [3.63, 3.8) is 0 Å². The van der Waals surface area contributed by atoms with E-state index in [0.717, 1.165) is 44.9 Å². The lowest BCUT2D eigenvalue weighted by Gasteiger charge is -2.20. The second-order valence-electron chi connectivity index (χ2n) is 15.2. The minimum atomic E-state index is -4.61. The van der Waals surface area contributed by atoms with Crippen LogP contribution in [0.15, 0.2) is 12.2 Å². The predicted octanol–water partition coefficient (Wildman–Crippen LogP) is 12.1. The van der Waals surface area contributed by atoms with Gasteiger partial charge in [-0.25, -0.2) is 4.57 Å². The normalized spacial score (nSPS) is 14.0. The summed E-state index contributed by atoms with van der Waals surface area (Å²) in [5, 5.41) is 8.89. The molecule has 3 unspecified atom stereocenters. The molecular weight excluding hydrogens is 705 g/mol. The van der Waals surface area contributed by atoms with E-state index in [0.29, 0.717) is 6.61 Å². The van der Waals surface area contributed by atoms with Crippen LogP contribution in [0, 0.1) is 0 Å². The molecule has 0 heterocycles. The van der Waals surface area contributed by atoms with Crippen molar-refractivity contribution in [1.29, 1.82) is 0 Å². The topological polar surface area (TPSA) is 155 Å². The van der Waals surface area contributed by atoms with E-state index in [1.54, 1.807) is 0 Å². The number of hydrogen-bond donors (Lipinski definition) is 3. The molecule has 0 saturated heterocycles. The van der Waals surface area contributed by atoms with Gasteiger partial charge in [0, 0.05) is 13.0 Å². The minimum Gasteiger partial charge on any atom is -0.480 e. The number of hydrogen-bond acceptors (Lipinski definition) is 8. The fourth-order valence-corrected chi connectivity index (χ4v) is 7.07. The van der Waals surface area contributed by atoms with Crippen LogP contribution in [0.5, 0.6) is 0 Å². The fourth-order valence-electron chi connectivity index (χ4n) is 6.29. The third kappa shape index (κ3) is 39.0. The maximum Gasteiger partial charge on any atom is 0.472 e. The number of nitrogens with two attached hydrogens (primary N) is 1. The Kier molecular flexibility index (Phi) is 39.0. The summed E-state index contributed by atoms with van der Waals surface area (Å²) in [4.78, 5) is 33.5. The first-order valence-electron chi connectivity index (χ1n) is 22.2. The molecule has 54 heavy (non-hydrogen) atoms. The number of carboxylic acid groups (broad SMARTS) is 1. The molecule has 0 aromatic heterocycles. The maximum absolute atomic E-state index is 12.6. The van der Waals surface area contributed by atoms with Gasteiger partial charge in [-0.3, -0.25) is 18.6 Å². The number of rotatable bonds is 43. The van der Waals surface area contributed by atoms with E-state index in [1.807, 2.05) is 0 Å². The third-order valence-electron chi connectivity index (χ3n) is 9.79. The summed E-state index contributed by atoms with van der Waals surface area (Å²) >= 11 is 0. The summed E-state index contributed by atoms with van der Waals surface area (Å²) in [5.74, 6) is -1.77. The number of phosphoric ester groups is 1. The summed E-state index contributed by atoms with van der Waals surface area (Å²) < 4.78 is 33.3. The standard InChI is InChI=1S/C43H84NO9P/c1-3-5-7-9-11-13-15-17-18-19-20-21-22-23-24-25-27-29-31-33-35-42(45)53-40(38-51-54(48,49)52-39-41(44)43(46)47)37-50-36-34-32-30-28-26-16-14-12-10-8-6-4-2/h10,12,40-41H,3-9,11,13-39,44H2,1-2H3,(H,46,47)(H,48,49)/b12-10-. The monoisotopic (exact) mass is 790 g/mol. The molecule has 0 aromatic carbocycles. The van der Waals surface area contributed by atoms with Crippen molar-refractivity contribution < 1.29 is 42.7 Å². The number of allylic oxidation sites excluding steroid dienone is 2. The number of ether oxygens (including phenoxy) is 2. The van der Waals surface area contributed by atoms with Crippen LogP contribution in [0.25, 0.3) is 0 Å². The van der Waals surface area contributed by atoms with Crippen LogP contribution < -0.4 is 5.73 Å². The molecule has 0 radical (unpaired) electrons. The van der Waals surface area contributed by atoms with E-state index in [9.17, 15) is 19.0 Å². The Balaban J connectivity index is 4.14. The van der Waals surface area contributed by atoms with Crippen LogP contribution in [-0.4, -0.2) is 60.5 Å². The lowest BCUT2D eigenvalue weighted by atomic mass is 10.0. The summed E-state index contributed by atoms with van der Waals surface area (Å²) in [5.41, 5.74) is 5.35. The Morgan fingerprint density at radius 1 is 0.574 bits per heavy atom. The average molecular weight is 790 g/mol. The van der Waals surface area contributed by atoms with Crippen LogP contribution >= 0.6 is 7.82 Å². The fraction of sp³-hybridized carbons (Fsp3) is 0.907. The Hall–Kier alpha value is -1.29. The minimum absolute atomic E-state index is 0.0179. The van der Waals surface area contributed by atoms with E-state index in [2.05, 4.69) is 26.0 Å². The Labute approximate surface area is 331 Å². The van der Waals surface area contributed by atoms with Crippen LogP contribution in [0.1, 0.15) is 213 Å². The van der Waals surface area contributed by atoms with E-state index >= 15 is 0 Å². The molecule has 0 aliphatic heterocycles. The van der Waals surface area contributed by atoms with Gasteiger partial charge in [-0.05, 0) is 32.1 Å². The van der Waals surface area contributed by atoms with Crippen LogP contribution in [0.4, 0.5) is 0 Å². The molecule has 10 nitrogen and oxygen atoms in total. The SMILES string of the molecule is CCCC/C=C\CCCCCCCCOCC(COP(=O)(O)OCC(N)C(=O)O)OC(=O)CCCCCCCCCCCCCCCCCCCCCC. The number of phosphoric acid groups is 1. The second-order valence-corrected chi connectivity index (χ2v) is 16.6. The van der Waals surface area contributed by atoms with Gasteiger partial charge < -0.3 is 25.2 Å². The number of aliphatic carboxylic acids is 1. The van der Waals surface area contributed by atoms with Crippen molar-refractivity contribution in [2.45, 2.75) is 225 Å². The highest BCUT2D eigenvalue weighted by atomic mass is 31.2. The summed E-state index contributed by atoms with van der Waals surface area (Å²) in [6, 6.07) is -1.47. The molecule has 0 rings (SSSR count). The Bertz CT molecular complexity index is 919. The largest absolute Gasteiger partial charge is 0.480 e. The van der Waals surface area contributed by atoms with Crippen LogP contribution in [-0.2, 0) is 32.7 Å². The van der Waals surface area contributed by atoms with Crippen molar-refractivity contribution in [3.8, 4) is 0 Å². The number of esters is 1. The number of carboxylic acids is 1. The lowest BCUT2D eigenvalue weighted by molar-refractivity contribution is -0.154. The summed E-state index contributed by atoms with van der Waals surface area (Å²) in [6.45, 7) is 3.86. The van der Waals surface area contributed by atoms with Crippen molar-refractivity contribution in [2.75, 3.05) is 26.4 Å². The molecule has 0 spiro atoms. The zero-order valence-corrected chi connectivity index (χ0v) is 35.7. The van der Waals surface area contributed by atoms with Gasteiger partial charge in [-0.2, -0.15) is 0 Å². The smallest absolute Gasteiger partial charge is 0.472 e. The van der Waals surface area contributed by atoms with Gasteiger partial charge >= 0.3 is 19.8 Å². The van der Waals surface area contributed by atoms with Crippen molar-refractivity contribution in [3.05, 3.63) is 12.2 Å². The molecular formula is C43H84NO9P. The molecule has 0 aromatic rings. The van der Waals surface area contributed by atoms with Gasteiger partial charge in [0.25, 0.3) is 0 Å². The average Bonchev–Trinajstić information content (AvgIpc) is 3.15. The van der Waals surface area contributed by atoms with E-state index in [-0.39, 0.29) is 13.0 Å². The summed E-state index contributed by atoms with van der Waals surface area (Å²) in [7, 11) is -4.61. The van der Waals surface area contributed by atoms with Gasteiger partial charge in [0.2, 0.25) is 0 Å². The molecule has 3 atom stereocenters. The zero-order chi connectivity index (χ0) is 39.8. The highest BCUT2D eigenvalue weighted by Crippen LogP contribution is 2.43. The molecule has 0 aliphatic rings. The number of unbranched alkanes of at least 4 members (excludes halogenated alkanes) is 27. The number of carbonyl (C=O) groups is 2. The molecule has 0 amide bonds. The van der Waals surface area contributed by atoms with Gasteiger partial charge in [-0.15, -0.1) is 0 Å². The summed E-state index contributed by atoms with van der Waals surface area (Å²) in [6.07, 6.45) is 41.2. The van der Waals surface area contributed by atoms with Gasteiger partial charge in [0.05, 0.1) is 19.8 Å². The molecule has 0 fully saturated rings. The predicted molar refractivity (Wildman–Crippen MR) is 222 cm³/mol.